The summed E-state index contributed by atoms with van der Waals surface area (Å²) in [6.07, 6.45) is 5.21. The quantitative estimate of drug-likeness (QED) is 0.882. The van der Waals surface area contributed by atoms with Crippen LogP contribution in [0, 0.1) is 0 Å². The van der Waals surface area contributed by atoms with Crippen molar-refractivity contribution in [2.45, 2.75) is 32.3 Å². The number of urea groups is 1. The number of hydrogen-bond donors (Lipinski definition) is 2. The van der Waals surface area contributed by atoms with Gasteiger partial charge in [-0.25, -0.2) is 4.79 Å². The average molecular weight is 328 g/mol. The smallest absolute Gasteiger partial charge is 0.321 e. The van der Waals surface area contributed by atoms with Crippen LogP contribution in [0.1, 0.15) is 26.2 Å². The lowest BCUT2D eigenvalue weighted by molar-refractivity contribution is 0.00221. The van der Waals surface area contributed by atoms with Crippen LogP contribution >= 0.6 is 0 Å². The highest BCUT2D eigenvalue weighted by Crippen LogP contribution is 2.19. The molecule has 1 fully saturated rings. The van der Waals surface area contributed by atoms with Gasteiger partial charge in [-0.05, 0) is 49.9 Å². The molecule has 0 aliphatic carbocycles. The number of ether oxygens (including phenoxy) is 1. The number of nitrogens with zero attached hydrogens (tertiary/aromatic N) is 2. The van der Waals surface area contributed by atoms with E-state index in [2.05, 4.69) is 15.5 Å². The van der Waals surface area contributed by atoms with Gasteiger partial charge in [0.15, 0.2) is 0 Å². The van der Waals surface area contributed by atoms with Gasteiger partial charge < -0.3 is 15.0 Å². The van der Waals surface area contributed by atoms with Crippen LogP contribution in [0.2, 0.25) is 0 Å². The largest absolute Gasteiger partial charge is 0.376 e. The molecule has 2 N–H and O–H groups in total. The summed E-state index contributed by atoms with van der Waals surface area (Å²) < 4.78 is 5.74. The number of likely N-dealkylation sites (N-methyl/N-ethyl adjacent to an activating group) is 1. The second-order valence-corrected chi connectivity index (χ2v) is 6.01. The number of benzene rings is 1. The molecule has 0 saturated carbocycles. The Balaban J connectivity index is 1.58. The first-order valence-electron chi connectivity index (χ1n) is 8.53. The van der Waals surface area contributed by atoms with Crippen LogP contribution in [0.4, 0.5) is 10.5 Å². The minimum absolute atomic E-state index is 0.0824. The van der Waals surface area contributed by atoms with Crippen LogP contribution < -0.4 is 5.32 Å². The molecule has 1 aliphatic rings. The number of H-pyrrole nitrogens is 1. The Kier molecular flexibility index (Phi) is 5.48. The van der Waals surface area contributed by atoms with Gasteiger partial charge >= 0.3 is 6.03 Å². The fourth-order valence-electron chi connectivity index (χ4n) is 2.91. The molecule has 3 rings (SSSR count). The van der Waals surface area contributed by atoms with E-state index in [4.69, 9.17) is 4.74 Å². The van der Waals surface area contributed by atoms with Crippen molar-refractivity contribution < 1.29 is 9.53 Å². The third-order valence-electron chi connectivity index (χ3n) is 4.31. The normalized spacial score (nSPS) is 17.5. The first-order chi connectivity index (χ1) is 11.8. The van der Waals surface area contributed by atoms with Gasteiger partial charge in [-0.3, -0.25) is 5.10 Å². The molecule has 1 saturated heterocycles. The third kappa shape index (κ3) is 4.14. The van der Waals surface area contributed by atoms with Gasteiger partial charge in [-0.15, -0.1) is 0 Å². The lowest BCUT2D eigenvalue weighted by atomic mass is 10.1. The molecule has 6 nitrogen and oxygen atoms in total. The van der Waals surface area contributed by atoms with Crippen LogP contribution in [-0.2, 0) is 4.74 Å². The molecule has 0 spiro atoms. The fraction of sp³-hybridized carbons (Fsp3) is 0.444. The van der Waals surface area contributed by atoms with E-state index in [1.165, 1.54) is 6.42 Å². The molecule has 0 unspecified atom stereocenters. The number of rotatable bonds is 5. The molecule has 1 aromatic heterocycles. The van der Waals surface area contributed by atoms with Gasteiger partial charge in [0, 0.05) is 31.6 Å². The topological polar surface area (TPSA) is 70.2 Å². The number of anilines is 1. The Hall–Kier alpha value is -2.34. The van der Waals surface area contributed by atoms with E-state index in [1.807, 2.05) is 37.3 Å². The molecular weight excluding hydrogens is 304 g/mol. The maximum Gasteiger partial charge on any atom is 0.321 e. The highest BCUT2D eigenvalue weighted by molar-refractivity contribution is 5.89. The highest BCUT2D eigenvalue weighted by Gasteiger charge is 2.20. The average Bonchev–Trinajstić information content (AvgIpc) is 3.16. The van der Waals surface area contributed by atoms with Gasteiger partial charge in [-0.1, -0.05) is 12.1 Å². The van der Waals surface area contributed by atoms with Gasteiger partial charge in [0.2, 0.25) is 0 Å². The minimum Gasteiger partial charge on any atom is -0.376 e. The van der Waals surface area contributed by atoms with E-state index < -0.39 is 0 Å². The van der Waals surface area contributed by atoms with Crippen molar-refractivity contribution in [2.75, 3.05) is 25.0 Å². The Bertz CT molecular complexity index is 634. The molecule has 24 heavy (non-hydrogen) atoms. The predicted octanol–water partition coefficient (Wildman–Crippen LogP) is 3.50. The van der Waals surface area contributed by atoms with Gasteiger partial charge in [-0.2, -0.15) is 5.10 Å². The van der Waals surface area contributed by atoms with Crippen LogP contribution in [0.5, 0.6) is 0 Å². The van der Waals surface area contributed by atoms with E-state index in [0.717, 1.165) is 36.4 Å². The van der Waals surface area contributed by atoms with Crippen LogP contribution in [0.3, 0.4) is 0 Å². The summed E-state index contributed by atoms with van der Waals surface area (Å²) in [6, 6.07) is 9.56. The Morgan fingerprint density at radius 2 is 2.17 bits per heavy atom. The number of aromatic amines is 1. The second kappa shape index (κ2) is 7.97. The first kappa shape index (κ1) is 16.5. The minimum atomic E-state index is -0.0824. The second-order valence-electron chi connectivity index (χ2n) is 6.01. The number of carbonyl (C=O) groups excluding carboxylic acids is 1. The van der Waals surface area contributed by atoms with Gasteiger partial charge in [0.05, 0.1) is 11.8 Å². The van der Waals surface area contributed by atoms with Gasteiger partial charge in [0.1, 0.15) is 0 Å². The van der Waals surface area contributed by atoms with Crippen molar-refractivity contribution in [3.8, 4) is 11.3 Å². The molecular formula is C18H24N4O2. The van der Waals surface area contributed by atoms with Crippen LogP contribution in [0.25, 0.3) is 11.3 Å². The lowest BCUT2D eigenvalue weighted by Crippen LogP contribution is -2.41. The van der Waals surface area contributed by atoms with E-state index in [0.29, 0.717) is 13.1 Å². The molecule has 2 aromatic rings. The van der Waals surface area contributed by atoms with Crippen molar-refractivity contribution in [1.82, 2.24) is 15.1 Å². The summed E-state index contributed by atoms with van der Waals surface area (Å²) in [5.41, 5.74) is 2.78. The molecule has 2 heterocycles. The molecule has 1 aromatic carbocycles. The van der Waals surface area contributed by atoms with E-state index in [-0.39, 0.29) is 12.1 Å². The van der Waals surface area contributed by atoms with Crippen molar-refractivity contribution in [1.29, 1.82) is 0 Å². The Labute approximate surface area is 142 Å². The summed E-state index contributed by atoms with van der Waals surface area (Å²) in [5.74, 6) is 0. The molecule has 0 bridgehead atoms. The maximum atomic E-state index is 12.5. The van der Waals surface area contributed by atoms with Crippen molar-refractivity contribution in [3.05, 3.63) is 36.5 Å². The number of carbonyl (C=O) groups is 1. The van der Waals surface area contributed by atoms with Gasteiger partial charge in [0.25, 0.3) is 0 Å². The standard InChI is InChI=1S/C18H24N4O2/c1-2-22(13-16-5-3-4-12-24-16)18(23)20-15-8-6-14(7-9-15)17-10-11-19-21-17/h6-11,16H,2-5,12-13H2,1H3,(H,19,21)(H,20,23)/t16-/m1/s1. The van der Waals surface area contributed by atoms with Crippen LogP contribution in [0.15, 0.2) is 36.5 Å². The Morgan fingerprint density at radius 1 is 1.33 bits per heavy atom. The van der Waals surface area contributed by atoms with E-state index in [1.54, 1.807) is 11.1 Å². The molecule has 2 amide bonds. The third-order valence-corrected chi connectivity index (χ3v) is 4.31. The number of hydrogen-bond acceptors (Lipinski definition) is 3. The fourth-order valence-corrected chi connectivity index (χ4v) is 2.91. The Morgan fingerprint density at radius 3 is 2.79 bits per heavy atom. The number of aromatic nitrogens is 2. The predicted molar refractivity (Wildman–Crippen MR) is 93.9 cm³/mol. The van der Waals surface area contributed by atoms with Crippen molar-refractivity contribution in [3.63, 3.8) is 0 Å². The molecule has 128 valence electrons. The molecule has 1 atom stereocenters. The first-order valence-corrected chi connectivity index (χ1v) is 8.53. The van der Waals surface area contributed by atoms with Crippen molar-refractivity contribution in [2.24, 2.45) is 0 Å². The molecule has 6 heteroatoms. The SMILES string of the molecule is CCN(C[C@H]1CCCCO1)C(=O)Nc1ccc(-c2ccn[nH]2)cc1. The zero-order valence-electron chi connectivity index (χ0n) is 14.0. The zero-order chi connectivity index (χ0) is 16.8. The number of nitrogens with one attached hydrogen (secondary N) is 2. The maximum absolute atomic E-state index is 12.5. The lowest BCUT2D eigenvalue weighted by Gasteiger charge is -2.29. The molecule has 1 aliphatic heterocycles. The number of amides is 2. The zero-order valence-corrected chi connectivity index (χ0v) is 14.0. The van der Waals surface area contributed by atoms with Crippen LogP contribution in [-0.4, -0.2) is 46.9 Å². The summed E-state index contributed by atoms with van der Waals surface area (Å²) in [4.78, 5) is 14.3. The summed E-state index contributed by atoms with van der Waals surface area (Å²) >= 11 is 0. The monoisotopic (exact) mass is 328 g/mol. The summed E-state index contributed by atoms with van der Waals surface area (Å²) in [5, 5.41) is 9.83. The van der Waals surface area contributed by atoms with Crippen molar-refractivity contribution >= 4 is 11.7 Å². The van der Waals surface area contributed by atoms with E-state index >= 15 is 0 Å². The summed E-state index contributed by atoms with van der Waals surface area (Å²) in [7, 11) is 0. The molecule has 0 radical (unpaired) electrons. The summed E-state index contributed by atoms with van der Waals surface area (Å²) in [6.45, 7) is 4.11. The highest BCUT2D eigenvalue weighted by atomic mass is 16.5. The van der Waals surface area contributed by atoms with E-state index in [9.17, 15) is 4.79 Å².